The predicted molar refractivity (Wildman–Crippen MR) is 70.1 cm³/mol. The number of ether oxygens (including phenoxy) is 2. The zero-order valence-corrected chi connectivity index (χ0v) is 11.7. The molecule has 0 unspecified atom stereocenters. The summed E-state index contributed by atoms with van der Waals surface area (Å²) in [5.74, 6) is 0.131. The van der Waals surface area contributed by atoms with E-state index in [0.29, 0.717) is 12.5 Å². The molecule has 2 rings (SSSR count). The first kappa shape index (κ1) is 13.3. The standard InChI is InChI=1S/C15H22O3/c1-15(2)12-7-5-6-10(12)11(8-9-17-3)13(15)14(16)18-4/h7-8,10,13H,5-6,9H2,1-4H3/b11-8-/t10-,13+/m1/s1. The Morgan fingerprint density at radius 1 is 1.50 bits per heavy atom. The maximum Gasteiger partial charge on any atom is 0.313 e. The number of fused-ring (bicyclic) bond motifs is 1. The Bertz CT molecular complexity index is 404. The van der Waals surface area contributed by atoms with E-state index in [1.807, 2.05) is 0 Å². The van der Waals surface area contributed by atoms with Gasteiger partial charge in [-0.2, -0.15) is 0 Å². The van der Waals surface area contributed by atoms with E-state index in [1.54, 1.807) is 7.11 Å². The summed E-state index contributed by atoms with van der Waals surface area (Å²) in [5.41, 5.74) is 2.46. The molecular formula is C15H22O3. The van der Waals surface area contributed by atoms with Crippen LogP contribution in [0.5, 0.6) is 0 Å². The molecule has 2 aliphatic rings. The van der Waals surface area contributed by atoms with Gasteiger partial charge in [0.1, 0.15) is 0 Å². The summed E-state index contributed by atoms with van der Waals surface area (Å²) < 4.78 is 10.1. The lowest BCUT2D eigenvalue weighted by molar-refractivity contribution is -0.146. The van der Waals surface area contributed by atoms with Crippen molar-refractivity contribution in [2.45, 2.75) is 26.7 Å². The molecule has 0 aromatic rings. The van der Waals surface area contributed by atoms with Crippen molar-refractivity contribution in [2.75, 3.05) is 20.8 Å². The molecule has 0 spiro atoms. The molecule has 0 aliphatic heterocycles. The monoisotopic (exact) mass is 250 g/mol. The van der Waals surface area contributed by atoms with Gasteiger partial charge < -0.3 is 9.47 Å². The average Bonchev–Trinajstić information content (AvgIpc) is 2.88. The molecule has 0 aromatic heterocycles. The molecule has 3 nitrogen and oxygen atoms in total. The fourth-order valence-electron chi connectivity index (χ4n) is 3.53. The Labute approximate surface area is 109 Å². The number of methoxy groups -OCH3 is 2. The summed E-state index contributed by atoms with van der Waals surface area (Å²) >= 11 is 0. The topological polar surface area (TPSA) is 35.5 Å². The van der Waals surface area contributed by atoms with Gasteiger partial charge in [0.05, 0.1) is 19.6 Å². The second-order valence-corrected chi connectivity index (χ2v) is 5.63. The third-order valence-electron chi connectivity index (χ3n) is 4.32. The van der Waals surface area contributed by atoms with Crippen LogP contribution in [-0.2, 0) is 14.3 Å². The van der Waals surface area contributed by atoms with Crippen molar-refractivity contribution in [3.8, 4) is 0 Å². The molecular weight excluding hydrogens is 228 g/mol. The van der Waals surface area contributed by atoms with Crippen LogP contribution >= 0.6 is 0 Å². The molecule has 2 atom stereocenters. The lowest BCUT2D eigenvalue weighted by Gasteiger charge is -2.26. The molecule has 1 fully saturated rings. The van der Waals surface area contributed by atoms with Gasteiger partial charge >= 0.3 is 5.97 Å². The van der Waals surface area contributed by atoms with Crippen molar-refractivity contribution in [2.24, 2.45) is 17.3 Å². The summed E-state index contributed by atoms with van der Waals surface area (Å²) in [7, 11) is 3.14. The van der Waals surface area contributed by atoms with Gasteiger partial charge in [-0.05, 0) is 18.4 Å². The van der Waals surface area contributed by atoms with Gasteiger partial charge in [-0.25, -0.2) is 0 Å². The van der Waals surface area contributed by atoms with Gasteiger partial charge in [0.25, 0.3) is 0 Å². The van der Waals surface area contributed by atoms with E-state index in [4.69, 9.17) is 9.47 Å². The van der Waals surface area contributed by atoms with Crippen LogP contribution < -0.4 is 0 Å². The van der Waals surface area contributed by atoms with Crippen molar-refractivity contribution >= 4 is 5.97 Å². The minimum absolute atomic E-state index is 0.127. The molecule has 0 saturated heterocycles. The summed E-state index contributed by atoms with van der Waals surface area (Å²) in [6.45, 7) is 4.85. The van der Waals surface area contributed by atoms with Gasteiger partial charge in [0, 0.05) is 18.4 Å². The molecule has 100 valence electrons. The first-order chi connectivity index (χ1) is 8.54. The molecule has 2 aliphatic carbocycles. The first-order valence-corrected chi connectivity index (χ1v) is 6.51. The molecule has 0 N–H and O–H groups in total. The molecule has 0 amide bonds. The first-order valence-electron chi connectivity index (χ1n) is 6.51. The Morgan fingerprint density at radius 2 is 2.22 bits per heavy atom. The van der Waals surface area contributed by atoms with Crippen LogP contribution in [0.1, 0.15) is 26.7 Å². The van der Waals surface area contributed by atoms with E-state index in [1.165, 1.54) is 18.3 Å². The summed E-state index contributed by atoms with van der Waals surface area (Å²) in [5, 5.41) is 0. The second-order valence-electron chi connectivity index (χ2n) is 5.63. The zero-order chi connectivity index (χ0) is 13.3. The van der Waals surface area contributed by atoms with E-state index < -0.39 is 0 Å². The van der Waals surface area contributed by atoms with E-state index >= 15 is 0 Å². The number of carbonyl (C=O) groups is 1. The maximum atomic E-state index is 12.1. The SMILES string of the molecule is COC/C=C1\[C@@H](C(=O)OC)C(C)(C)C2=CCC[C@@H]21. The quantitative estimate of drug-likeness (QED) is 0.570. The lowest BCUT2D eigenvalue weighted by atomic mass is 9.78. The highest BCUT2D eigenvalue weighted by Crippen LogP contribution is 2.57. The summed E-state index contributed by atoms with van der Waals surface area (Å²) in [4.78, 5) is 12.1. The molecule has 1 saturated carbocycles. The number of hydrogen-bond acceptors (Lipinski definition) is 3. The predicted octanol–water partition coefficient (Wildman–Crippen LogP) is 2.72. The Kier molecular flexibility index (Phi) is 3.62. The van der Waals surface area contributed by atoms with E-state index in [0.717, 1.165) is 12.8 Å². The minimum Gasteiger partial charge on any atom is -0.469 e. The second kappa shape index (κ2) is 4.88. The van der Waals surface area contributed by atoms with Gasteiger partial charge in [-0.1, -0.05) is 31.6 Å². The van der Waals surface area contributed by atoms with Gasteiger partial charge in [-0.15, -0.1) is 0 Å². The van der Waals surface area contributed by atoms with E-state index in [9.17, 15) is 4.79 Å². The maximum absolute atomic E-state index is 12.1. The summed E-state index contributed by atoms with van der Waals surface area (Å²) in [6.07, 6.45) is 6.60. The van der Waals surface area contributed by atoms with Crippen LogP contribution in [0.4, 0.5) is 0 Å². The zero-order valence-electron chi connectivity index (χ0n) is 11.7. The van der Waals surface area contributed by atoms with Crippen LogP contribution in [-0.4, -0.2) is 26.8 Å². The molecule has 0 aromatic carbocycles. The summed E-state index contributed by atoms with van der Waals surface area (Å²) in [6, 6.07) is 0. The number of esters is 1. The van der Waals surface area contributed by atoms with E-state index in [-0.39, 0.29) is 17.3 Å². The van der Waals surface area contributed by atoms with E-state index in [2.05, 4.69) is 26.0 Å². The van der Waals surface area contributed by atoms with Crippen molar-refractivity contribution in [1.82, 2.24) is 0 Å². The third kappa shape index (κ3) is 1.91. The van der Waals surface area contributed by atoms with Gasteiger partial charge in [-0.3, -0.25) is 4.79 Å². The van der Waals surface area contributed by atoms with Gasteiger partial charge in [0.2, 0.25) is 0 Å². The molecule has 0 radical (unpaired) electrons. The van der Waals surface area contributed by atoms with Gasteiger partial charge in [0.15, 0.2) is 0 Å². The fraction of sp³-hybridized carbons (Fsp3) is 0.667. The lowest BCUT2D eigenvalue weighted by Crippen LogP contribution is -2.29. The smallest absolute Gasteiger partial charge is 0.313 e. The third-order valence-corrected chi connectivity index (χ3v) is 4.32. The van der Waals surface area contributed by atoms with Crippen LogP contribution in [0.2, 0.25) is 0 Å². The minimum atomic E-state index is -0.158. The fourth-order valence-corrected chi connectivity index (χ4v) is 3.53. The van der Waals surface area contributed by atoms with Crippen molar-refractivity contribution in [3.05, 3.63) is 23.3 Å². The molecule has 3 heteroatoms. The van der Waals surface area contributed by atoms with Crippen LogP contribution in [0.15, 0.2) is 23.3 Å². The Balaban J connectivity index is 2.42. The van der Waals surface area contributed by atoms with Crippen LogP contribution in [0.25, 0.3) is 0 Å². The highest BCUT2D eigenvalue weighted by atomic mass is 16.5. The largest absolute Gasteiger partial charge is 0.469 e. The molecule has 0 bridgehead atoms. The van der Waals surface area contributed by atoms with Crippen LogP contribution in [0.3, 0.4) is 0 Å². The molecule has 18 heavy (non-hydrogen) atoms. The number of carbonyl (C=O) groups excluding carboxylic acids is 1. The average molecular weight is 250 g/mol. The van der Waals surface area contributed by atoms with Crippen LogP contribution in [0, 0.1) is 17.3 Å². The highest BCUT2D eigenvalue weighted by molar-refractivity contribution is 5.79. The number of allylic oxidation sites excluding steroid dienone is 2. The number of hydrogen-bond donors (Lipinski definition) is 0. The number of rotatable bonds is 3. The Hall–Kier alpha value is -1.09. The molecule has 0 heterocycles. The van der Waals surface area contributed by atoms with Crippen molar-refractivity contribution in [3.63, 3.8) is 0 Å². The highest BCUT2D eigenvalue weighted by Gasteiger charge is 2.52. The normalized spacial score (nSPS) is 31.3. The van der Waals surface area contributed by atoms with Crippen molar-refractivity contribution < 1.29 is 14.3 Å². The Morgan fingerprint density at radius 3 is 2.83 bits per heavy atom. The van der Waals surface area contributed by atoms with Crippen molar-refractivity contribution in [1.29, 1.82) is 0 Å².